The number of hydrogen-bond donors (Lipinski definition) is 1. The Morgan fingerprint density at radius 2 is 0.964 bits per heavy atom. The van der Waals surface area contributed by atoms with Crippen molar-refractivity contribution in [3.8, 4) is 0 Å². The molecule has 0 aromatic heterocycles. The molecule has 28 heavy (non-hydrogen) atoms. The third kappa shape index (κ3) is 7.38. The molecular formula is C26H46O2. The van der Waals surface area contributed by atoms with Crippen LogP contribution in [0.3, 0.4) is 0 Å². The first-order valence-corrected chi connectivity index (χ1v) is 12.9. The second-order valence-corrected chi connectivity index (χ2v) is 10.6. The van der Waals surface area contributed by atoms with Crippen LogP contribution in [0.4, 0.5) is 0 Å². The molecule has 4 fully saturated rings. The summed E-state index contributed by atoms with van der Waals surface area (Å²) in [4.78, 5) is 10.4. The number of carboxylic acids is 1. The molecule has 0 aliphatic heterocycles. The highest BCUT2D eigenvalue weighted by atomic mass is 16.4. The molecule has 0 spiro atoms. The van der Waals surface area contributed by atoms with Gasteiger partial charge < -0.3 is 5.11 Å². The Morgan fingerprint density at radius 3 is 1.39 bits per heavy atom. The molecule has 4 bridgehead atoms. The molecule has 0 amide bonds. The fourth-order valence-corrected chi connectivity index (χ4v) is 7.11. The average Bonchev–Trinajstić information content (AvgIpc) is 2.66. The largest absolute Gasteiger partial charge is 0.481 e. The molecule has 4 saturated carbocycles. The lowest BCUT2D eigenvalue weighted by Crippen LogP contribution is -2.44. The van der Waals surface area contributed by atoms with Crippen LogP contribution in [-0.4, -0.2) is 11.1 Å². The van der Waals surface area contributed by atoms with E-state index in [0.29, 0.717) is 6.42 Å². The van der Waals surface area contributed by atoms with E-state index in [1.54, 1.807) is 38.5 Å². The van der Waals surface area contributed by atoms with E-state index < -0.39 is 5.97 Å². The van der Waals surface area contributed by atoms with Gasteiger partial charge in [0.05, 0.1) is 0 Å². The number of carbonyl (C=O) groups is 1. The Hall–Kier alpha value is -0.530. The van der Waals surface area contributed by atoms with E-state index in [9.17, 15) is 4.79 Å². The third-order valence-electron chi connectivity index (χ3n) is 8.35. The minimum absolute atomic E-state index is 0.350. The zero-order valence-corrected chi connectivity index (χ0v) is 18.4. The summed E-state index contributed by atoms with van der Waals surface area (Å²) in [6.45, 7) is 0. The third-order valence-corrected chi connectivity index (χ3v) is 8.35. The zero-order chi connectivity index (χ0) is 19.6. The van der Waals surface area contributed by atoms with Gasteiger partial charge in [0.1, 0.15) is 0 Å². The molecule has 0 aromatic carbocycles. The Morgan fingerprint density at radius 1 is 0.571 bits per heavy atom. The lowest BCUT2D eigenvalue weighted by atomic mass is 9.51. The zero-order valence-electron chi connectivity index (χ0n) is 18.4. The smallest absolute Gasteiger partial charge is 0.303 e. The summed E-state index contributed by atoms with van der Waals surface area (Å²) in [5.74, 6) is 5.01. The molecule has 0 saturated heterocycles. The number of carboxylic acid groups (broad SMARTS) is 1. The SMILES string of the molecule is O=C(O)CCCCCCCCCCCCCCCC1C2CC3CC(C2)CC1C3. The summed E-state index contributed by atoms with van der Waals surface area (Å²) in [6.07, 6.45) is 27.3. The summed E-state index contributed by atoms with van der Waals surface area (Å²) in [6, 6.07) is 0. The first-order valence-electron chi connectivity index (χ1n) is 12.9. The minimum Gasteiger partial charge on any atom is -0.481 e. The maximum atomic E-state index is 10.4. The molecule has 162 valence electrons. The molecule has 0 radical (unpaired) electrons. The van der Waals surface area contributed by atoms with Crippen LogP contribution in [0.2, 0.25) is 0 Å². The average molecular weight is 391 g/mol. The minimum atomic E-state index is -0.646. The molecule has 0 unspecified atom stereocenters. The fourth-order valence-electron chi connectivity index (χ4n) is 7.11. The molecule has 2 nitrogen and oxygen atoms in total. The molecular weight excluding hydrogens is 344 g/mol. The Balaban J connectivity index is 1.06. The highest BCUT2D eigenvalue weighted by Crippen LogP contribution is 2.57. The summed E-state index contributed by atoms with van der Waals surface area (Å²) >= 11 is 0. The number of aliphatic carboxylic acids is 1. The molecule has 2 heteroatoms. The molecule has 0 atom stereocenters. The normalized spacial score (nSPS) is 30.8. The highest BCUT2D eigenvalue weighted by Gasteiger charge is 2.47. The van der Waals surface area contributed by atoms with Gasteiger partial charge in [-0.1, -0.05) is 77.0 Å². The van der Waals surface area contributed by atoms with Crippen LogP contribution >= 0.6 is 0 Å². The second kappa shape index (κ2) is 12.2. The van der Waals surface area contributed by atoms with Crippen molar-refractivity contribution in [1.29, 1.82) is 0 Å². The Kier molecular flexibility index (Phi) is 9.68. The summed E-state index contributed by atoms with van der Waals surface area (Å²) in [5.41, 5.74) is 0. The lowest BCUT2D eigenvalue weighted by molar-refractivity contribution is -0.137. The van der Waals surface area contributed by atoms with Crippen LogP contribution in [0.5, 0.6) is 0 Å². The monoisotopic (exact) mass is 390 g/mol. The Labute approximate surface area is 174 Å². The van der Waals surface area contributed by atoms with Crippen molar-refractivity contribution < 1.29 is 9.90 Å². The van der Waals surface area contributed by atoms with Gasteiger partial charge in [-0.15, -0.1) is 0 Å². The van der Waals surface area contributed by atoms with E-state index >= 15 is 0 Å². The summed E-state index contributed by atoms with van der Waals surface area (Å²) in [5, 5.41) is 8.61. The van der Waals surface area contributed by atoms with Crippen LogP contribution in [0.25, 0.3) is 0 Å². The van der Waals surface area contributed by atoms with Gasteiger partial charge in [-0.25, -0.2) is 0 Å². The van der Waals surface area contributed by atoms with Gasteiger partial charge in [0.25, 0.3) is 0 Å². The van der Waals surface area contributed by atoms with E-state index in [-0.39, 0.29) is 0 Å². The van der Waals surface area contributed by atoms with Crippen molar-refractivity contribution in [3.63, 3.8) is 0 Å². The topological polar surface area (TPSA) is 37.3 Å². The van der Waals surface area contributed by atoms with Crippen LogP contribution in [0.15, 0.2) is 0 Å². The predicted octanol–water partition coefficient (Wildman–Crippen LogP) is 7.99. The highest BCUT2D eigenvalue weighted by molar-refractivity contribution is 5.66. The maximum absolute atomic E-state index is 10.4. The van der Waals surface area contributed by atoms with E-state index in [4.69, 9.17) is 5.11 Å². The van der Waals surface area contributed by atoms with Gasteiger partial charge in [-0.3, -0.25) is 4.79 Å². The van der Waals surface area contributed by atoms with Crippen molar-refractivity contribution in [3.05, 3.63) is 0 Å². The fraction of sp³-hybridized carbons (Fsp3) is 0.962. The molecule has 0 aromatic rings. The van der Waals surface area contributed by atoms with Gasteiger partial charge >= 0.3 is 5.97 Å². The maximum Gasteiger partial charge on any atom is 0.303 e. The standard InChI is InChI=1S/C26H46O2/c27-26(28)15-13-11-9-7-5-3-1-2-4-6-8-10-12-14-25-23-17-21-16-22(19-23)20-24(25)18-21/h21-25H,1-20H2,(H,27,28). The predicted molar refractivity (Wildman–Crippen MR) is 117 cm³/mol. The first kappa shape index (κ1) is 22.2. The van der Waals surface area contributed by atoms with E-state index in [1.807, 2.05) is 0 Å². The van der Waals surface area contributed by atoms with Crippen LogP contribution in [-0.2, 0) is 4.79 Å². The van der Waals surface area contributed by atoms with E-state index in [2.05, 4.69) is 0 Å². The van der Waals surface area contributed by atoms with Crippen molar-refractivity contribution >= 4 is 5.97 Å². The first-order chi connectivity index (χ1) is 13.7. The Bertz CT molecular complexity index is 416. The summed E-state index contributed by atoms with van der Waals surface area (Å²) < 4.78 is 0. The number of rotatable bonds is 16. The van der Waals surface area contributed by atoms with Crippen molar-refractivity contribution in [2.75, 3.05) is 0 Å². The van der Waals surface area contributed by atoms with Gasteiger partial charge in [-0.05, 0) is 74.5 Å². The van der Waals surface area contributed by atoms with Crippen LogP contribution < -0.4 is 0 Å². The number of unbranched alkanes of at least 4 members (excludes halogenated alkanes) is 12. The van der Waals surface area contributed by atoms with Gasteiger partial charge in [-0.2, -0.15) is 0 Å². The van der Waals surface area contributed by atoms with Gasteiger partial charge in [0, 0.05) is 6.42 Å². The van der Waals surface area contributed by atoms with Crippen molar-refractivity contribution in [2.45, 2.75) is 128 Å². The van der Waals surface area contributed by atoms with E-state index in [0.717, 1.165) is 42.4 Å². The van der Waals surface area contributed by atoms with Crippen LogP contribution in [0, 0.1) is 29.6 Å². The second-order valence-electron chi connectivity index (χ2n) is 10.6. The van der Waals surface area contributed by atoms with Gasteiger partial charge in [0.15, 0.2) is 0 Å². The molecule has 4 aliphatic carbocycles. The number of hydrogen-bond acceptors (Lipinski definition) is 1. The van der Waals surface area contributed by atoms with Crippen LogP contribution in [0.1, 0.15) is 128 Å². The lowest BCUT2D eigenvalue weighted by Gasteiger charge is -2.54. The van der Waals surface area contributed by atoms with E-state index in [1.165, 1.54) is 70.6 Å². The van der Waals surface area contributed by atoms with Crippen molar-refractivity contribution in [1.82, 2.24) is 0 Å². The van der Waals surface area contributed by atoms with Crippen molar-refractivity contribution in [2.24, 2.45) is 29.6 Å². The quantitative estimate of drug-likeness (QED) is 0.271. The molecule has 0 heterocycles. The molecule has 4 aliphatic rings. The molecule has 1 N–H and O–H groups in total. The molecule has 4 rings (SSSR count). The van der Waals surface area contributed by atoms with Gasteiger partial charge in [0.2, 0.25) is 0 Å². The summed E-state index contributed by atoms with van der Waals surface area (Å²) in [7, 11) is 0.